The van der Waals surface area contributed by atoms with Crippen molar-refractivity contribution in [2.75, 3.05) is 40.0 Å². The van der Waals surface area contributed by atoms with Gasteiger partial charge in [-0.15, -0.1) is 0 Å². The number of hydrogen-bond donors (Lipinski definition) is 2. The van der Waals surface area contributed by atoms with E-state index < -0.39 is 6.10 Å². The van der Waals surface area contributed by atoms with E-state index in [-0.39, 0.29) is 11.9 Å². The van der Waals surface area contributed by atoms with Crippen molar-refractivity contribution in [1.29, 1.82) is 0 Å². The molecule has 2 rings (SSSR count). The van der Waals surface area contributed by atoms with Crippen molar-refractivity contribution in [3.63, 3.8) is 0 Å². The predicted octanol–water partition coefficient (Wildman–Crippen LogP) is 4.08. The summed E-state index contributed by atoms with van der Waals surface area (Å²) in [6.07, 6.45) is 9.04. The standard InChI is InChI=1S/C25H42N2O4/c1-3-4-5-6-7-8-14-24(28)26-23(20-27-15-9-10-16-27)25(29)21-12-11-13-22(19-21)31-18-17-30-2/h11-13,19,23,25,29H,3-10,14-18,20H2,1-2H3,(H,26,28)/t23-,25-/m1/s1. The fraction of sp³-hybridized carbons (Fsp3) is 0.720. The third kappa shape index (κ3) is 10.0. The Hall–Kier alpha value is -1.63. The first kappa shape index (κ1) is 25.6. The molecule has 0 saturated carbocycles. The number of aliphatic hydroxyl groups excluding tert-OH is 1. The van der Waals surface area contributed by atoms with Gasteiger partial charge in [-0.05, 0) is 50.0 Å². The highest BCUT2D eigenvalue weighted by Gasteiger charge is 2.26. The average molecular weight is 435 g/mol. The number of nitrogens with one attached hydrogen (secondary N) is 1. The summed E-state index contributed by atoms with van der Waals surface area (Å²) in [7, 11) is 1.64. The summed E-state index contributed by atoms with van der Waals surface area (Å²) in [4.78, 5) is 14.9. The number of nitrogens with zero attached hydrogens (tertiary/aromatic N) is 1. The second-order valence-electron chi connectivity index (χ2n) is 8.56. The third-order valence-electron chi connectivity index (χ3n) is 5.89. The summed E-state index contributed by atoms with van der Waals surface area (Å²) < 4.78 is 10.7. The molecule has 0 bridgehead atoms. The zero-order chi connectivity index (χ0) is 22.3. The van der Waals surface area contributed by atoms with E-state index in [1.54, 1.807) is 7.11 Å². The van der Waals surface area contributed by atoms with Crippen LogP contribution in [0.15, 0.2) is 24.3 Å². The molecule has 2 N–H and O–H groups in total. The predicted molar refractivity (Wildman–Crippen MR) is 124 cm³/mol. The van der Waals surface area contributed by atoms with Crippen LogP contribution in [0.5, 0.6) is 5.75 Å². The van der Waals surface area contributed by atoms with Crippen LogP contribution in [-0.4, -0.2) is 61.9 Å². The van der Waals surface area contributed by atoms with Gasteiger partial charge in [-0.1, -0.05) is 51.2 Å². The first-order valence-corrected chi connectivity index (χ1v) is 12.1. The molecule has 0 aromatic heterocycles. The van der Waals surface area contributed by atoms with Crippen LogP contribution in [0.1, 0.15) is 76.4 Å². The lowest BCUT2D eigenvalue weighted by atomic mass is 10.0. The molecule has 1 heterocycles. The van der Waals surface area contributed by atoms with Gasteiger partial charge >= 0.3 is 0 Å². The Morgan fingerprint density at radius 1 is 1.13 bits per heavy atom. The minimum atomic E-state index is -0.778. The van der Waals surface area contributed by atoms with E-state index >= 15 is 0 Å². The van der Waals surface area contributed by atoms with E-state index in [9.17, 15) is 9.90 Å². The van der Waals surface area contributed by atoms with Crippen LogP contribution in [0.3, 0.4) is 0 Å². The van der Waals surface area contributed by atoms with E-state index in [1.165, 1.54) is 38.5 Å². The minimum Gasteiger partial charge on any atom is -0.491 e. The number of aliphatic hydroxyl groups is 1. The second-order valence-corrected chi connectivity index (χ2v) is 8.56. The van der Waals surface area contributed by atoms with E-state index in [0.717, 1.165) is 31.5 Å². The Morgan fingerprint density at radius 3 is 2.61 bits per heavy atom. The largest absolute Gasteiger partial charge is 0.491 e. The van der Waals surface area contributed by atoms with Gasteiger partial charge in [-0.3, -0.25) is 4.79 Å². The number of methoxy groups -OCH3 is 1. The molecule has 1 fully saturated rings. The number of likely N-dealkylation sites (tertiary alicyclic amines) is 1. The zero-order valence-electron chi connectivity index (χ0n) is 19.5. The molecule has 0 radical (unpaired) electrons. The molecule has 2 atom stereocenters. The highest BCUT2D eigenvalue weighted by Crippen LogP contribution is 2.23. The SMILES string of the molecule is CCCCCCCCC(=O)N[C@H](CN1CCCC1)[C@H](O)c1cccc(OCCOC)c1. The van der Waals surface area contributed by atoms with Crippen LogP contribution < -0.4 is 10.1 Å². The van der Waals surface area contributed by atoms with E-state index in [2.05, 4.69) is 17.1 Å². The molecule has 176 valence electrons. The molecule has 0 unspecified atom stereocenters. The summed E-state index contributed by atoms with van der Waals surface area (Å²) in [6, 6.07) is 7.17. The van der Waals surface area contributed by atoms with Crippen molar-refractivity contribution >= 4 is 5.91 Å². The lowest BCUT2D eigenvalue weighted by Gasteiger charge is -2.29. The molecule has 1 aromatic rings. The summed E-state index contributed by atoms with van der Waals surface area (Å²) >= 11 is 0. The molecular formula is C25H42N2O4. The van der Waals surface area contributed by atoms with Crippen LogP contribution >= 0.6 is 0 Å². The van der Waals surface area contributed by atoms with E-state index in [0.29, 0.717) is 31.9 Å². The Kier molecular flexibility index (Phi) is 12.6. The number of hydrogen-bond acceptors (Lipinski definition) is 5. The highest BCUT2D eigenvalue weighted by atomic mass is 16.5. The van der Waals surface area contributed by atoms with Gasteiger partial charge in [0.1, 0.15) is 18.5 Å². The van der Waals surface area contributed by atoms with Gasteiger partial charge in [0.25, 0.3) is 0 Å². The van der Waals surface area contributed by atoms with Gasteiger partial charge in [0.15, 0.2) is 0 Å². The molecule has 31 heavy (non-hydrogen) atoms. The van der Waals surface area contributed by atoms with Gasteiger partial charge in [0.05, 0.1) is 12.6 Å². The van der Waals surface area contributed by atoms with Crippen LogP contribution in [-0.2, 0) is 9.53 Å². The van der Waals surface area contributed by atoms with Crippen molar-refractivity contribution in [2.24, 2.45) is 0 Å². The monoisotopic (exact) mass is 434 g/mol. The zero-order valence-corrected chi connectivity index (χ0v) is 19.5. The second kappa shape index (κ2) is 15.2. The molecule has 1 amide bonds. The molecule has 1 saturated heterocycles. The summed E-state index contributed by atoms with van der Waals surface area (Å²) in [6.45, 7) is 5.90. The number of carbonyl (C=O) groups excluding carboxylic acids is 1. The third-order valence-corrected chi connectivity index (χ3v) is 5.89. The first-order valence-electron chi connectivity index (χ1n) is 12.1. The fourth-order valence-electron chi connectivity index (χ4n) is 4.08. The Balaban J connectivity index is 1.93. The molecule has 1 aliphatic heterocycles. The van der Waals surface area contributed by atoms with Crippen LogP contribution in [0.25, 0.3) is 0 Å². The maximum absolute atomic E-state index is 12.6. The van der Waals surface area contributed by atoms with Crippen LogP contribution in [0.2, 0.25) is 0 Å². The number of benzene rings is 1. The lowest BCUT2D eigenvalue weighted by Crippen LogP contribution is -2.46. The highest BCUT2D eigenvalue weighted by molar-refractivity contribution is 5.76. The molecule has 1 aliphatic rings. The number of rotatable bonds is 16. The van der Waals surface area contributed by atoms with Gasteiger partial charge < -0.3 is 24.8 Å². The van der Waals surface area contributed by atoms with Gasteiger partial charge in [0, 0.05) is 20.1 Å². The normalized spacial score (nSPS) is 16.2. The maximum atomic E-state index is 12.6. The summed E-state index contributed by atoms with van der Waals surface area (Å²) in [5.74, 6) is 0.734. The number of unbranched alkanes of at least 4 members (excludes halogenated alkanes) is 5. The molecule has 6 heteroatoms. The lowest BCUT2D eigenvalue weighted by molar-refractivity contribution is -0.123. The van der Waals surface area contributed by atoms with Crippen molar-refractivity contribution in [3.05, 3.63) is 29.8 Å². The van der Waals surface area contributed by atoms with E-state index in [4.69, 9.17) is 9.47 Å². The smallest absolute Gasteiger partial charge is 0.220 e. The summed E-state index contributed by atoms with van der Waals surface area (Å²) in [5.41, 5.74) is 0.763. The van der Waals surface area contributed by atoms with Gasteiger partial charge in [-0.2, -0.15) is 0 Å². The summed E-state index contributed by atoms with van der Waals surface area (Å²) in [5, 5.41) is 14.3. The van der Waals surface area contributed by atoms with Crippen molar-refractivity contribution in [1.82, 2.24) is 10.2 Å². The Labute approximate surface area is 188 Å². The van der Waals surface area contributed by atoms with Gasteiger partial charge in [0.2, 0.25) is 5.91 Å². The molecule has 1 aromatic carbocycles. The minimum absolute atomic E-state index is 0.0336. The van der Waals surface area contributed by atoms with Crippen LogP contribution in [0, 0.1) is 0 Å². The van der Waals surface area contributed by atoms with Crippen molar-refractivity contribution in [3.8, 4) is 5.75 Å². The molecule has 6 nitrogen and oxygen atoms in total. The van der Waals surface area contributed by atoms with Gasteiger partial charge in [-0.25, -0.2) is 0 Å². The van der Waals surface area contributed by atoms with Crippen molar-refractivity contribution < 1.29 is 19.4 Å². The van der Waals surface area contributed by atoms with Crippen LogP contribution in [0.4, 0.5) is 0 Å². The topological polar surface area (TPSA) is 71.0 Å². The number of amides is 1. The average Bonchev–Trinajstić information content (AvgIpc) is 3.29. The van der Waals surface area contributed by atoms with Crippen molar-refractivity contribution in [2.45, 2.75) is 76.9 Å². The van der Waals surface area contributed by atoms with E-state index in [1.807, 2.05) is 24.3 Å². The maximum Gasteiger partial charge on any atom is 0.220 e. The molecular weight excluding hydrogens is 392 g/mol. The number of carbonyl (C=O) groups is 1. The Bertz CT molecular complexity index is 619. The first-order chi connectivity index (χ1) is 15.1. The fourth-order valence-corrected chi connectivity index (χ4v) is 4.08. The number of ether oxygens (including phenoxy) is 2. The molecule has 0 aliphatic carbocycles. The molecule has 0 spiro atoms. The Morgan fingerprint density at radius 2 is 1.87 bits per heavy atom. The quantitative estimate of drug-likeness (QED) is 0.384.